The Labute approximate surface area is 477 Å². The van der Waals surface area contributed by atoms with Gasteiger partial charge in [0.15, 0.2) is 18.9 Å². The van der Waals surface area contributed by atoms with Gasteiger partial charge in [-0.05, 0) is 99.8 Å². The molecule has 4 fully saturated rings. The normalized spacial score (nSPS) is 47.2. The van der Waals surface area contributed by atoms with Crippen LogP contribution in [-0.2, 0) is 61.6 Å². The van der Waals surface area contributed by atoms with Crippen LogP contribution in [0.3, 0.4) is 0 Å². The van der Waals surface area contributed by atoms with Gasteiger partial charge in [-0.2, -0.15) is 0 Å². The Hall–Kier alpha value is -3.05. The number of hydrogen-bond acceptors (Lipinski definition) is 22. The minimum Gasteiger partial charge on any atom is -0.497 e. The second-order valence-electron chi connectivity index (χ2n) is 23.4. The minimum atomic E-state index is -2.44. The lowest BCUT2D eigenvalue weighted by Crippen LogP contribution is -2.74. The summed E-state index contributed by atoms with van der Waals surface area (Å²) in [6, 6.07) is 0. The fraction of sp³-hybridized carbons (Fsp3) is 0.780. The SMILES string of the molecule is COCCCC1OC(O)(C(C)C2CC(OC)C(O)/C=C(C)/C=C(C)/C=C(/C)C(O[C@@H]3O[C@@H](C)[C@H](O)[C@@H](O)[C@@H]3O)C(C)/C=C(C)/C=C(OC)\C=C(/C)C(=O)O2)C(OC)C(O)C1(C)O[C@H]1C[C@H](O)[C@H](O[C@H]2C[C@@](C)(O)[C@H](O)[C@@H](C)O2)[C@@H](C)O1. The zero-order chi connectivity index (χ0) is 60.6. The molecule has 9 N–H and O–H groups in total. The number of esters is 1. The summed E-state index contributed by atoms with van der Waals surface area (Å²) in [5, 5.41) is 102. The molecule has 4 saturated heterocycles. The van der Waals surface area contributed by atoms with Crippen molar-refractivity contribution in [1.29, 1.82) is 0 Å². The molecule has 0 radical (unpaired) electrons. The highest BCUT2D eigenvalue weighted by Gasteiger charge is 2.64. The molecule has 81 heavy (non-hydrogen) atoms. The van der Waals surface area contributed by atoms with Gasteiger partial charge >= 0.3 is 5.97 Å². The third kappa shape index (κ3) is 16.7. The highest BCUT2D eigenvalue weighted by atomic mass is 16.7. The molecular formula is C59H96O22. The van der Waals surface area contributed by atoms with Gasteiger partial charge in [-0.15, -0.1) is 0 Å². The molecule has 5 aliphatic rings. The second kappa shape index (κ2) is 29.4. The summed E-state index contributed by atoms with van der Waals surface area (Å²) in [6.07, 6.45) is -11.8. The molecule has 5 heterocycles. The van der Waals surface area contributed by atoms with Crippen molar-refractivity contribution in [2.24, 2.45) is 11.8 Å². The van der Waals surface area contributed by atoms with Crippen LogP contribution in [0, 0.1) is 11.8 Å². The number of cyclic esters (lactones) is 1. The van der Waals surface area contributed by atoms with Crippen LogP contribution < -0.4 is 0 Å². The molecular weight excluding hydrogens is 1060 g/mol. The number of hydrogen-bond donors (Lipinski definition) is 9. The standard InChI is InChI=1S/C59H96O22/c1-29-20-30(2)24-40(60)43(72-15)27-42(77-55(67)34(6)25-39(71-14)23-31(3)22-33(5)50(32(4)21-29)79-56-49(64)48(63)47(62)36(8)76-56)35(7)59(69)54(73-16)53(66)58(12,44(80-59)18-17-19-70-13)81-45-26-41(61)51(37(9)74-45)78-46-28-57(11,68)52(65)38(10)75-46/h20-25,33,35-38,40-54,56,60-66,68-69H,17-19,26-28H2,1-16H3/b29-20+,30-24+,31-22+,32-21-,34-25+,39-23+/t33?,35?,36-,37+,38+,40?,41-,42?,43?,44?,45-,46-,47-,48+,49-,50?,51+,52+,53?,54?,56-,57+,58?,59?/m0/s1. The lowest BCUT2D eigenvalue weighted by molar-refractivity contribution is -0.416. The lowest BCUT2D eigenvalue weighted by Gasteiger charge is -2.57. The molecule has 0 aromatic heterocycles. The van der Waals surface area contributed by atoms with Crippen LogP contribution in [0.4, 0.5) is 0 Å². The molecule has 5 aliphatic heterocycles. The second-order valence-corrected chi connectivity index (χ2v) is 23.4. The number of aliphatic hydroxyl groups excluding tert-OH is 7. The highest BCUT2D eigenvalue weighted by Crippen LogP contribution is 2.47. The van der Waals surface area contributed by atoms with E-state index in [0.29, 0.717) is 17.6 Å². The van der Waals surface area contributed by atoms with Crippen molar-refractivity contribution in [2.45, 2.75) is 249 Å². The van der Waals surface area contributed by atoms with Gasteiger partial charge in [0.1, 0.15) is 60.2 Å². The topological polar surface area (TPSA) is 310 Å². The van der Waals surface area contributed by atoms with Crippen molar-refractivity contribution in [3.8, 4) is 0 Å². The first-order valence-electron chi connectivity index (χ1n) is 28.1. The molecule has 0 amide bonds. The van der Waals surface area contributed by atoms with E-state index in [4.69, 9.17) is 56.8 Å². The van der Waals surface area contributed by atoms with Gasteiger partial charge in [-0.1, -0.05) is 54.9 Å². The first-order valence-corrected chi connectivity index (χ1v) is 28.1. The molecule has 22 nitrogen and oxygen atoms in total. The number of allylic oxidation sites excluding steroid dienone is 7. The van der Waals surface area contributed by atoms with Gasteiger partial charge in [0.25, 0.3) is 0 Å². The highest BCUT2D eigenvalue weighted by molar-refractivity contribution is 5.88. The summed E-state index contributed by atoms with van der Waals surface area (Å²) < 4.78 is 73.2. The molecule has 24 atom stereocenters. The van der Waals surface area contributed by atoms with Gasteiger partial charge in [0.05, 0.1) is 67.5 Å². The third-order valence-corrected chi connectivity index (χ3v) is 16.5. The average Bonchev–Trinajstić information content (AvgIpc) is 3.57. The zero-order valence-electron chi connectivity index (χ0n) is 50.2. The van der Waals surface area contributed by atoms with E-state index in [0.717, 1.165) is 11.1 Å². The fourth-order valence-corrected chi connectivity index (χ4v) is 11.7. The van der Waals surface area contributed by atoms with Crippen molar-refractivity contribution in [2.75, 3.05) is 35.0 Å². The fourth-order valence-electron chi connectivity index (χ4n) is 11.7. The van der Waals surface area contributed by atoms with E-state index in [-0.39, 0.29) is 43.6 Å². The molecule has 0 saturated carbocycles. The lowest BCUT2D eigenvalue weighted by atomic mass is 9.75. The first kappa shape index (κ1) is 68.7. The number of rotatable bonds is 15. The van der Waals surface area contributed by atoms with Gasteiger partial charge in [0.2, 0.25) is 5.79 Å². The molecule has 464 valence electrons. The quantitative estimate of drug-likeness (QED) is 0.0840. The summed E-state index contributed by atoms with van der Waals surface area (Å²) in [4.78, 5) is 14.4. The number of carbonyl (C=O) groups excluding carboxylic acids is 1. The van der Waals surface area contributed by atoms with Crippen molar-refractivity contribution >= 4 is 5.97 Å². The van der Waals surface area contributed by atoms with Crippen LogP contribution in [0.2, 0.25) is 0 Å². The van der Waals surface area contributed by atoms with Crippen molar-refractivity contribution < 1.29 is 108 Å². The predicted octanol–water partition coefficient (Wildman–Crippen LogP) is 3.22. The molecule has 0 aromatic rings. The van der Waals surface area contributed by atoms with Crippen molar-refractivity contribution in [3.63, 3.8) is 0 Å². The van der Waals surface area contributed by atoms with Crippen molar-refractivity contribution in [3.05, 3.63) is 70.1 Å². The van der Waals surface area contributed by atoms with E-state index in [1.165, 1.54) is 48.4 Å². The average molecular weight is 1160 g/mol. The monoisotopic (exact) mass is 1160 g/mol. The number of ether oxygens (including phenoxy) is 12. The van der Waals surface area contributed by atoms with Crippen LogP contribution in [0.25, 0.3) is 0 Å². The van der Waals surface area contributed by atoms with Crippen LogP contribution in [0.15, 0.2) is 70.1 Å². The van der Waals surface area contributed by atoms with E-state index in [2.05, 4.69) is 0 Å². The van der Waals surface area contributed by atoms with E-state index >= 15 is 0 Å². The number of methoxy groups -OCH3 is 4. The van der Waals surface area contributed by atoms with Crippen LogP contribution >= 0.6 is 0 Å². The Bertz CT molecular complexity index is 2230. The summed E-state index contributed by atoms with van der Waals surface area (Å²) in [6.45, 7) is 20.5. The van der Waals surface area contributed by atoms with Gasteiger partial charge in [-0.3, -0.25) is 0 Å². The zero-order valence-corrected chi connectivity index (χ0v) is 50.2. The number of carbonyl (C=O) groups is 1. The summed E-state index contributed by atoms with van der Waals surface area (Å²) in [5.74, 6) is -4.64. The van der Waals surface area contributed by atoms with Gasteiger partial charge < -0.3 is 103 Å². The summed E-state index contributed by atoms with van der Waals surface area (Å²) in [5.41, 5.74) is -0.327. The Kier molecular flexibility index (Phi) is 24.9. The van der Waals surface area contributed by atoms with Crippen LogP contribution in [-0.4, -0.2) is 220 Å². The van der Waals surface area contributed by atoms with E-state index in [9.17, 15) is 50.8 Å². The summed E-state index contributed by atoms with van der Waals surface area (Å²) >= 11 is 0. The largest absolute Gasteiger partial charge is 0.497 e. The van der Waals surface area contributed by atoms with E-state index in [1.807, 2.05) is 45.9 Å². The first-order chi connectivity index (χ1) is 37.8. The van der Waals surface area contributed by atoms with Gasteiger partial charge in [0, 0.05) is 58.7 Å². The maximum atomic E-state index is 14.4. The van der Waals surface area contributed by atoms with Crippen LogP contribution in [0.1, 0.15) is 115 Å². The van der Waals surface area contributed by atoms with Crippen LogP contribution in [0.5, 0.6) is 0 Å². The summed E-state index contributed by atoms with van der Waals surface area (Å²) in [7, 11) is 5.64. The Morgan fingerprint density at radius 2 is 1.37 bits per heavy atom. The van der Waals surface area contributed by atoms with E-state index < -0.39 is 151 Å². The Balaban J connectivity index is 1.49. The molecule has 5 rings (SSSR count). The van der Waals surface area contributed by atoms with E-state index in [1.54, 1.807) is 53.7 Å². The molecule has 11 unspecified atom stereocenters. The number of aliphatic hydroxyl groups is 9. The Morgan fingerprint density at radius 3 is 1.98 bits per heavy atom. The predicted molar refractivity (Wildman–Crippen MR) is 293 cm³/mol. The minimum absolute atomic E-state index is 0.0661. The van der Waals surface area contributed by atoms with Gasteiger partial charge in [-0.25, -0.2) is 4.79 Å². The molecule has 0 bridgehead atoms. The molecule has 0 aromatic carbocycles. The molecule has 0 spiro atoms. The maximum Gasteiger partial charge on any atom is 0.334 e. The molecule has 0 aliphatic carbocycles. The smallest absolute Gasteiger partial charge is 0.334 e. The maximum absolute atomic E-state index is 14.4. The Morgan fingerprint density at radius 1 is 0.716 bits per heavy atom. The third-order valence-electron chi connectivity index (χ3n) is 16.5. The molecule has 22 heteroatoms. The van der Waals surface area contributed by atoms with Crippen molar-refractivity contribution in [1.82, 2.24) is 0 Å².